The van der Waals surface area contributed by atoms with E-state index in [9.17, 15) is 0 Å². The standard InChI is InChI=1S/C12H26N2O/c1-10-4-5-11(8-10)14-12(2,9-13)6-7-15-3/h10-11,14H,4-9,13H2,1-3H3. The number of hydrogen-bond acceptors (Lipinski definition) is 3. The molecule has 0 aliphatic heterocycles. The van der Waals surface area contributed by atoms with Crippen LogP contribution in [0.15, 0.2) is 0 Å². The van der Waals surface area contributed by atoms with Crippen LogP contribution in [-0.4, -0.2) is 31.8 Å². The summed E-state index contributed by atoms with van der Waals surface area (Å²) in [5, 5.41) is 3.70. The molecule has 1 rings (SSSR count). The molecule has 3 heteroatoms. The summed E-state index contributed by atoms with van der Waals surface area (Å²) in [6.45, 7) is 6.00. The Balaban J connectivity index is 2.37. The normalized spacial score (nSPS) is 30.4. The van der Waals surface area contributed by atoms with E-state index in [1.807, 2.05) is 0 Å². The lowest BCUT2D eigenvalue weighted by Crippen LogP contribution is -2.53. The van der Waals surface area contributed by atoms with Gasteiger partial charge in [0.05, 0.1) is 0 Å². The number of nitrogens with one attached hydrogen (secondary N) is 1. The molecule has 1 fully saturated rings. The van der Waals surface area contributed by atoms with Gasteiger partial charge in [0.25, 0.3) is 0 Å². The number of nitrogens with two attached hydrogens (primary N) is 1. The first-order chi connectivity index (χ1) is 7.09. The van der Waals surface area contributed by atoms with Crippen LogP contribution in [0.2, 0.25) is 0 Å². The van der Waals surface area contributed by atoms with Gasteiger partial charge in [0.2, 0.25) is 0 Å². The molecule has 1 aliphatic rings. The number of hydrogen-bond donors (Lipinski definition) is 2. The van der Waals surface area contributed by atoms with E-state index in [1.54, 1.807) is 7.11 Å². The summed E-state index contributed by atoms with van der Waals surface area (Å²) in [7, 11) is 1.74. The molecule has 90 valence electrons. The zero-order valence-electron chi connectivity index (χ0n) is 10.4. The summed E-state index contributed by atoms with van der Waals surface area (Å²) in [5.41, 5.74) is 5.89. The minimum atomic E-state index is 0.0464. The van der Waals surface area contributed by atoms with Gasteiger partial charge in [-0.15, -0.1) is 0 Å². The highest BCUT2D eigenvalue weighted by atomic mass is 16.5. The minimum absolute atomic E-state index is 0.0464. The molecule has 0 aromatic rings. The van der Waals surface area contributed by atoms with Crippen LogP contribution < -0.4 is 11.1 Å². The largest absolute Gasteiger partial charge is 0.385 e. The second-order valence-electron chi connectivity index (χ2n) is 5.27. The summed E-state index contributed by atoms with van der Waals surface area (Å²) >= 11 is 0. The summed E-state index contributed by atoms with van der Waals surface area (Å²) in [6, 6.07) is 0.658. The van der Waals surface area contributed by atoms with E-state index in [-0.39, 0.29) is 5.54 Å². The lowest BCUT2D eigenvalue weighted by atomic mass is 9.96. The highest BCUT2D eigenvalue weighted by Gasteiger charge is 2.29. The second-order valence-corrected chi connectivity index (χ2v) is 5.27. The molecule has 0 saturated heterocycles. The van der Waals surface area contributed by atoms with Crippen molar-refractivity contribution in [2.24, 2.45) is 11.7 Å². The van der Waals surface area contributed by atoms with Gasteiger partial charge in [0, 0.05) is 31.8 Å². The van der Waals surface area contributed by atoms with Crippen molar-refractivity contribution in [3.63, 3.8) is 0 Å². The van der Waals surface area contributed by atoms with E-state index in [4.69, 9.17) is 10.5 Å². The fourth-order valence-corrected chi connectivity index (χ4v) is 2.39. The Bertz CT molecular complexity index is 186. The van der Waals surface area contributed by atoms with E-state index in [0.29, 0.717) is 12.6 Å². The van der Waals surface area contributed by atoms with Gasteiger partial charge in [0.1, 0.15) is 0 Å². The topological polar surface area (TPSA) is 47.3 Å². The van der Waals surface area contributed by atoms with Crippen molar-refractivity contribution >= 4 is 0 Å². The molecule has 15 heavy (non-hydrogen) atoms. The molecule has 0 spiro atoms. The Labute approximate surface area is 93.8 Å². The van der Waals surface area contributed by atoms with Gasteiger partial charge in [-0.05, 0) is 38.5 Å². The summed E-state index contributed by atoms with van der Waals surface area (Å²) < 4.78 is 5.13. The molecular weight excluding hydrogens is 188 g/mol. The number of methoxy groups -OCH3 is 1. The lowest BCUT2D eigenvalue weighted by molar-refractivity contribution is 0.155. The third-order valence-corrected chi connectivity index (χ3v) is 3.56. The molecular formula is C12H26N2O. The summed E-state index contributed by atoms with van der Waals surface area (Å²) in [6.07, 6.45) is 4.93. The van der Waals surface area contributed by atoms with E-state index in [0.717, 1.165) is 18.9 Å². The van der Waals surface area contributed by atoms with Crippen molar-refractivity contribution in [1.82, 2.24) is 5.32 Å². The van der Waals surface area contributed by atoms with Crippen LogP contribution in [0.3, 0.4) is 0 Å². The average Bonchev–Trinajstić information content (AvgIpc) is 2.61. The Morgan fingerprint density at radius 2 is 2.20 bits per heavy atom. The van der Waals surface area contributed by atoms with Gasteiger partial charge in [0.15, 0.2) is 0 Å². The first kappa shape index (κ1) is 12.9. The molecule has 0 amide bonds. The van der Waals surface area contributed by atoms with Gasteiger partial charge in [-0.25, -0.2) is 0 Å². The lowest BCUT2D eigenvalue weighted by Gasteiger charge is -2.32. The molecule has 3 nitrogen and oxygen atoms in total. The van der Waals surface area contributed by atoms with Gasteiger partial charge in [-0.3, -0.25) is 0 Å². The second kappa shape index (κ2) is 5.83. The molecule has 0 aromatic heterocycles. The third-order valence-electron chi connectivity index (χ3n) is 3.56. The van der Waals surface area contributed by atoms with Crippen LogP contribution in [0.1, 0.15) is 39.5 Å². The van der Waals surface area contributed by atoms with Crippen molar-refractivity contribution in [1.29, 1.82) is 0 Å². The van der Waals surface area contributed by atoms with E-state index >= 15 is 0 Å². The predicted octanol–water partition coefficient (Wildman–Crippen LogP) is 1.52. The zero-order chi connectivity index (χ0) is 11.3. The number of ether oxygens (including phenoxy) is 1. The maximum absolute atomic E-state index is 5.84. The monoisotopic (exact) mass is 214 g/mol. The molecule has 3 unspecified atom stereocenters. The number of rotatable bonds is 6. The van der Waals surface area contributed by atoms with Crippen LogP contribution in [-0.2, 0) is 4.74 Å². The van der Waals surface area contributed by atoms with E-state index < -0.39 is 0 Å². The Hall–Kier alpha value is -0.120. The third kappa shape index (κ3) is 4.09. The summed E-state index contributed by atoms with van der Waals surface area (Å²) in [5.74, 6) is 0.868. The quantitative estimate of drug-likeness (QED) is 0.705. The van der Waals surface area contributed by atoms with Crippen LogP contribution in [0, 0.1) is 5.92 Å². The highest BCUT2D eigenvalue weighted by Crippen LogP contribution is 2.26. The summed E-state index contributed by atoms with van der Waals surface area (Å²) in [4.78, 5) is 0. The molecule has 0 bridgehead atoms. The van der Waals surface area contributed by atoms with Crippen molar-refractivity contribution in [3.05, 3.63) is 0 Å². The molecule has 0 radical (unpaired) electrons. The highest BCUT2D eigenvalue weighted by molar-refractivity contribution is 4.90. The van der Waals surface area contributed by atoms with Gasteiger partial charge >= 0.3 is 0 Å². The van der Waals surface area contributed by atoms with Gasteiger partial charge in [-0.1, -0.05) is 6.92 Å². The SMILES string of the molecule is COCCC(C)(CN)NC1CCC(C)C1. The Morgan fingerprint density at radius 1 is 1.47 bits per heavy atom. The minimum Gasteiger partial charge on any atom is -0.385 e. The van der Waals surface area contributed by atoms with Crippen molar-refractivity contribution in [2.75, 3.05) is 20.3 Å². The molecule has 3 atom stereocenters. The van der Waals surface area contributed by atoms with Crippen molar-refractivity contribution in [3.8, 4) is 0 Å². The van der Waals surface area contributed by atoms with E-state index in [2.05, 4.69) is 19.2 Å². The maximum Gasteiger partial charge on any atom is 0.0480 e. The van der Waals surface area contributed by atoms with Crippen LogP contribution in [0.4, 0.5) is 0 Å². The van der Waals surface area contributed by atoms with E-state index in [1.165, 1.54) is 19.3 Å². The zero-order valence-corrected chi connectivity index (χ0v) is 10.4. The van der Waals surface area contributed by atoms with Crippen LogP contribution in [0.5, 0.6) is 0 Å². The Kier molecular flexibility index (Phi) is 5.03. The fourth-order valence-electron chi connectivity index (χ4n) is 2.39. The van der Waals surface area contributed by atoms with Gasteiger partial charge in [-0.2, -0.15) is 0 Å². The average molecular weight is 214 g/mol. The maximum atomic E-state index is 5.84. The molecule has 3 N–H and O–H groups in total. The van der Waals surface area contributed by atoms with Crippen molar-refractivity contribution in [2.45, 2.75) is 51.1 Å². The molecule has 0 aromatic carbocycles. The van der Waals surface area contributed by atoms with Crippen molar-refractivity contribution < 1.29 is 4.74 Å². The first-order valence-corrected chi connectivity index (χ1v) is 6.06. The smallest absolute Gasteiger partial charge is 0.0480 e. The van der Waals surface area contributed by atoms with Crippen LogP contribution >= 0.6 is 0 Å². The van der Waals surface area contributed by atoms with Gasteiger partial charge < -0.3 is 15.8 Å². The van der Waals surface area contributed by atoms with Crippen LogP contribution in [0.25, 0.3) is 0 Å². The molecule has 1 saturated carbocycles. The molecule has 0 heterocycles. The predicted molar refractivity (Wildman–Crippen MR) is 63.9 cm³/mol. The fraction of sp³-hybridized carbons (Fsp3) is 1.00. The Morgan fingerprint density at radius 3 is 2.67 bits per heavy atom. The molecule has 1 aliphatic carbocycles. The first-order valence-electron chi connectivity index (χ1n) is 6.06.